The summed E-state index contributed by atoms with van der Waals surface area (Å²) in [7, 11) is 0. The van der Waals surface area contributed by atoms with Gasteiger partial charge in [-0.15, -0.1) is 0 Å². The highest BCUT2D eigenvalue weighted by atomic mass is 16.2. The Balaban J connectivity index is 1.54. The van der Waals surface area contributed by atoms with Gasteiger partial charge >= 0.3 is 0 Å². The van der Waals surface area contributed by atoms with Gasteiger partial charge in [0.15, 0.2) is 0 Å². The van der Waals surface area contributed by atoms with Crippen LogP contribution in [0.25, 0.3) is 5.69 Å². The molecule has 0 N–H and O–H groups in total. The molecular formula is C19H20N4O. The third kappa shape index (κ3) is 2.85. The zero-order valence-electron chi connectivity index (χ0n) is 13.5. The summed E-state index contributed by atoms with van der Waals surface area (Å²) in [5.41, 5.74) is 1.75. The minimum absolute atomic E-state index is 0.105. The van der Waals surface area contributed by atoms with Gasteiger partial charge < -0.3 is 14.0 Å². The van der Waals surface area contributed by atoms with Crippen LogP contribution < -0.4 is 0 Å². The fraction of sp³-hybridized carbons (Fsp3) is 0.263. The van der Waals surface area contributed by atoms with Crippen LogP contribution in [-0.2, 0) is 0 Å². The Labute approximate surface area is 141 Å². The van der Waals surface area contributed by atoms with E-state index in [2.05, 4.69) is 9.55 Å². The number of rotatable bonds is 3. The number of carbonyl (C=O) groups is 1. The molecule has 1 aliphatic heterocycles. The van der Waals surface area contributed by atoms with Crippen LogP contribution in [0.3, 0.4) is 0 Å². The number of piperidine rings is 1. The molecule has 4 rings (SSSR count). The molecule has 1 amide bonds. The smallest absolute Gasteiger partial charge is 0.253 e. The molecule has 1 saturated heterocycles. The summed E-state index contributed by atoms with van der Waals surface area (Å²) >= 11 is 0. The maximum absolute atomic E-state index is 12.9. The van der Waals surface area contributed by atoms with Gasteiger partial charge in [0, 0.05) is 49.1 Å². The molecule has 1 atom stereocenters. The molecule has 0 bridgehead atoms. The number of carbonyl (C=O) groups excluding carboxylic acids is 1. The number of nitrogens with zero attached hydrogens (tertiary/aromatic N) is 4. The van der Waals surface area contributed by atoms with Crippen molar-refractivity contribution in [3.8, 4) is 5.69 Å². The highest BCUT2D eigenvalue weighted by Gasteiger charge is 2.25. The Morgan fingerprint density at radius 3 is 2.79 bits per heavy atom. The molecular weight excluding hydrogens is 300 g/mol. The number of amides is 1. The summed E-state index contributed by atoms with van der Waals surface area (Å²) in [5, 5.41) is 0. The van der Waals surface area contributed by atoms with Crippen molar-refractivity contribution in [2.45, 2.75) is 18.9 Å². The van der Waals surface area contributed by atoms with Crippen LogP contribution in [0.4, 0.5) is 0 Å². The third-order valence-corrected chi connectivity index (χ3v) is 4.63. The zero-order valence-corrected chi connectivity index (χ0v) is 13.5. The predicted octanol–water partition coefficient (Wildman–Crippen LogP) is 3.15. The van der Waals surface area contributed by atoms with Gasteiger partial charge in [-0.3, -0.25) is 4.79 Å². The number of hydrogen-bond acceptors (Lipinski definition) is 2. The summed E-state index contributed by atoms with van der Waals surface area (Å²) < 4.78 is 4.12. The third-order valence-electron chi connectivity index (χ3n) is 4.63. The molecule has 5 heteroatoms. The second-order valence-corrected chi connectivity index (χ2v) is 6.20. The Hall–Kier alpha value is -2.82. The van der Waals surface area contributed by atoms with Crippen molar-refractivity contribution in [2.24, 2.45) is 0 Å². The van der Waals surface area contributed by atoms with Gasteiger partial charge in [-0.05, 0) is 43.2 Å². The van der Waals surface area contributed by atoms with E-state index in [1.807, 2.05) is 70.8 Å². The van der Waals surface area contributed by atoms with E-state index in [1.165, 1.54) is 0 Å². The van der Waals surface area contributed by atoms with Crippen LogP contribution in [0.5, 0.6) is 0 Å². The number of imidazole rings is 1. The monoisotopic (exact) mass is 320 g/mol. The summed E-state index contributed by atoms with van der Waals surface area (Å²) in [6.07, 6.45) is 11.7. The Bertz CT molecular complexity index is 808. The van der Waals surface area contributed by atoms with Crippen molar-refractivity contribution < 1.29 is 4.79 Å². The second kappa shape index (κ2) is 6.35. The molecule has 2 aromatic heterocycles. The molecule has 0 radical (unpaired) electrons. The first-order valence-corrected chi connectivity index (χ1v) is 8.31. The van der Waals surface area contributed by atoms with E-state index < -0.39 is 0 Å². The van der Waals surface area contributed by atoms with E-state index in [-0.39, 0.29) is 5.91 Å². The van der Waals surface area contributed by atoms with E-state index in [4.69, 9.17) is 0 Å². The fourth-order valence-electron chi connectivity index (χ4n) is 3.36. The molecule has 3 heterocycles. The lowest BCUT2D eigenvalue weighted by molar-refractivity contribution is 0.0679. The summed E-state index contributed by atoms with van der Waals surface area (Å²) in [6, 6.07) is 12.1. The number of likely N-dealkylation sites (tertiary alicyclic amines) is 1. The summed E-state index contributed by atoms with van der Waals surface area (Å²) in [5.74, 6) is 0.105. The van der Waals surface area contributed by atoms with Crippen molar-refractivity contribution in [1.29, 1.82) is 0 Å². The topological polar surface area (TPSA) is 43.1 Å². The largest absolute Gasteiger partial charge is 0.337 e. The van der Waals surface area contributed by atoms with Gasteiger partial charge in [-0.2, -0.15) is 0 Å². The minimum Gasteiger partial charge on any atom is -0.337 e. The van der Waals surface area contributed by atoms with Gasteiger partial charge in [0.2, 0.25) is 0 Å². The quantitative estimate of drug-likeness (QED) is 0.744. The van der Waals surface area contributed by atoms with Gasteiger partial charge in [-0.1, -0.05) is 6.07 Å². The highest BCUT2D eigenvalue weighted by Crippen LogP contribution is 2.23. The molecule has 1 aliphatic rings. The van der Waals surface area contributed by atoms with Crippen LogP contribution in [0.15, 0.2) is 67.5 Å². The van der Waals surface area contributed by atoms with Gasteiger partial charge in [0.05, 0.1) is 12.4 Å². The number of aromatic nitrogens is 3. The van der Waals surface area contributed by atoms with Gasteiger partial charge in [-0.25, -0.2) is 4.98 Å². The van der Waals surface area contributed by atoms with Crippen LogP contribution in [0.2, 0.25) is 0 Å². The molecule has 0 spiro atoms. The van der Waals surface area contributed by atoms with Crippen molar-refractivity contribution >= 4 is 5.91 Å². The average Bonchev–Trinajstić information content (AvgIpc) is 3.35. The summed E-state index contributed by atoms with van der Waals surface area (Å²) in [6.45, 7) is 1.56. The Kier molecular flexibility index (Phi) is 3.91. The van der Waals surface area contributed by atoms with E-state index in [9.17, 15) is 4.79 Å². The SMILES string of the molecule is O=C(c1cccc(-n2cccc2)c1)N1CCC[C@@H](n2ccnc2)C1. The van der Waals surface area contributed by atoms with Gasteiger partial charge in [0.1, 0.15) is 0 Å². The Morgan fingerprint density at radius 2 is 2.00 bits per heavy atom. The molecule has 5 nitrogen and oxygen atoms in total. The maximum atomic E-state index is 12.9. The molecule has 3 aromatic rings. The van der Waals surface area contributed by atoms with Crippen molar-refractivity contribution in [3.63, 3.8) is 0 Å². The van der Waals surface area contributed by atoms with Crippen LogP contribution in [0.1, 0.15) is 29.2 Å². The first-order valence-electron chi connectivity index (χ1n) is 8.31. The molecule has 24 heavy (non-hydrogen) atoms. The van der Waals surface area contributed by atoms with E-state index in [1.54, 1.807) is 6.20 Å². The van der Waals surface area contributed by atoms with Crippen molar-refractivity contribution in [3.05, 3.63) is 73.1 Å². The lowest BCUT2D eigenvalue weighted by Crippen LogP contribution is -2.40. The predicted molar refractivity (Wildman–Crippen MR) is 92.2 cm³/mol. The lowest BCUT2D eigenvalue weighted by atomic mass is 10.0. The minimum atomic E-state index is 0.105. The van der Waals surface area contributed by atoms with E-state index in [0.29, 0.717) is 6.04 Å². The number of hydrogen-bond donors (Lipinski definition) is 0. The molecule has 1 aromatic carbocycles. The maximum Gasteiger partial charge on any atom is 0.253 e. The second-order valence-electron chi connectivity index (χ2n) is 6.20. The van der Waals surface area contributed by atoms with Gasteiger partial charge in [0.25, 0.3) is 5.91 Å². The fourth-order valence-corrected chi connectivity index (χ4v) is 3.36. The molecule has 0 aliphatic carbocycles. The Morgan fingerprint density at radius 1 is 1.12 bits per heavy atom. The average molecular weight is 320 g/mol. The summed E-state index contributed by atoms with van der Waals surface area (Å²) in [4.78, 5) is 19.0. The van der Waals surface area contributed by atoms with E-state index in [0.717, 1.165) is 37.2 Å². The standard InChI is InChI=1S/C19H20N4O/c24-19(16-5-3-6-17(13-16)21-9-1-2-10-21)22-11-4-7-18(14-22)23-12-8-20-15-23/h1-3,5-6,8-10,12-13,15,18H,4,7,11,14H2/t18-/m1/s1. The van der Waals surface area contributed by atoms with Crippen LogP contribution in [0, 0.1) is 0 Å². The number of benzene rings is 1. The van der Waals surface area contributed by atoms with Crippen LogP contribution in [-0.4, -0.2) is 38.0 Å². The molecule has 122 valence electrons. The molecule has 0 unspecified atom stereocenters. The molecule has 1 fully saturated rings. The first kappa shape index (κ1) is 14.8. The van der Waals surface area contributed by atoms with E-state index >= 15 is 0 Å². The normalized spacial score (nSPS) is 17.8. The van der Waals surface area contributed by atoms with Crippen molar-refractivity contribution in [1.82, 2.24) is 19.0 Å². The highest BCUT2D eigenvalue weighted by molar-refractivity contribution is 5.94. The van der Waals surface area contributed by atoms with Crippen molar-refractivity contribution in [2.75, 3.05) is 13.1 Å². The zero-order chi connectivity index (χ0) is 16.4. The van der Waals surface area contributed by atoms with Crippen LogP contribution >= 0.6 is 0 Å². The first-order chi connectivity index (χ1) is 11.8. The molecule has 0 saturated carbocycles. The lowest BCUT2D eigenvalue weighted by Gasteiger charge is -2.33.